The van der Waals surface area contributed by atoms with Crippen molar-refractivity contribution < 1.29 is 50.6 Å². The van der Waals surface area contributed by atoms with E-state index in [4.69, 9.17) is 20.0 Å². The van der Waals surface area contributed by atoms with Crippen LogP contribution in [0.5, 0.6) is 0 Å². The van der Waals surface area contributed by atoms with Crippen molar-refractivity contribution in [1.29, 1.82) is 0 Å². The molecule has 0 spiro atoms. The minimum absolute atomic E-state index is 0.0181. The van der Waals surface area contributed by atoms with E-state index in [2.05, 4.69) is 27.4 Å². The number of nitrogens with two attached hydrogens (primary N) is 1. The number of allylic oxidation sites excluding steroid dienone is 3. The van der Waals surface area contributed by atoms with Gasteiger partial charge in [-0.1, -0.05) is 114 Å². The minimum atomic E-state index is -5.20. The van der Waals surface area contributed by atoms with Gasteiger partial charge in [0.2, 0.25) is 0 Å². The van der Waals surface area contributed by atoms with Gasteiger partial charge in [0.25, 0.3) is 5.92 Å². The average molecular weight is 907 g/mol. The topological polar surface area (TPSA) is 108 Å². The van der Waals surface area contributed by atoms with Crippen LogP contribution in [0.1, 0.15) is 176 Å². The molecule has 1 aliphatic heterocycles. The largest absolute Gasteiger partial charge is 0.465 e. The lowest BCUT2D eigenvalue weighted by Gasteiger charge is -2.58. The molecule has 1 aliphatic rings. The van der Waals surface area contributed by atoms with Crippen LogP contribution in [0.2, 0.25) is 0 Å². The van der Waals surface area contributed by atoms with Gasteiger partial charge in [0.1, 0.15) is 11.2 Å². The van der Waals surface area contributed by atoms with Crippen molar-refractivity contribution in [3.05, 3.63) is 24.3 Å². The lowest BCUT2D eigenvalue weighted by Crippen LogP contribution is -2.70. The summed E-state index contributed by atoms with van der Waals surface area (Å²) in [6, 6.07) is 0. The van der Waals surface area contributed by atoms with Crippen molar-refractivity contribution in [2.45, 2.75) is 205 Å². The molecule has 0 saturated carbocycles. The number of hydroxylamine groups is 2. The molecule has 0 aromatic rings. The van der Waals surface area contributed by atoms with E-state index in [0.29, 0.717) is 33.1 Å². The van der Waals surface area contributed by atoms with Gasteiger partial charge in [-0.15, -0.1) is 0 Å². The van der Waals surface area contributed by atoms with Gasteiger partial charge in [-0.2, -0.15) is 18.2 Å². The number of halogens is 5. The zero-order valence-corrected chi connectivity index (χ0v) is 42.6. The van der Waals surface area contributed by atoms with Gasteiger partial charge >= 0.3 is 18.1 Å². The number of hydrogen-bond acceptors (Lipinski definition) is 8. The zero-order chi connectivity index (χ0) is 49.8. The number of unbranched alkanes of at least 4 members (excludes halogenated alkanes) is 1. The molecule has 368 valence electrons. The first-order valence-corrected chi connectivity index (χ1v) is 23.0. The highest BCUT2D eigenvalue weighted by Gasteiger charge is 2.68. The van der Waals surface area contributed by atoms with E-state index < -0.39 is 92.6 Å². The fraction of sp³-hybridized carbons (Fsp3) is 0.860. The molecule has 63 heavy (non-hydrogen) atoms. The van der Waals surface area contributed by atoms with E-state index in [1.165, 1.54) is 0 Å². The summed E-state index contributed by atoms with van der Waals surface area (Å²) in [7, 11) is 0. The van der Waals surface area contributed by atoms with Crippen molar-refractivity contribution >= 4 is 17.7 Å². The minimum Gasteiger partial charge on any atom is -0.465 e. The van der Waals surface area contributed by atoms with Crippen molar-refractivity contribution in [2.24, 2.45) is 56.5 Å². The number of alkyl halides is 5. The summed E-state index contributed by atoms with van der Waals surface area (Å²) in [6.07, 6.45) is 0.711. The van der Waals surface area contributed by atoms with Gasteiger partial charge in [0.15, 0.2) is 0 Å². The van der Waals surface area contributed by atoms with Crippen LogP contribution in [0.3, 0.4) is 0 Å². The summed E-state index contributed by atoms with van der Waals surface area (Å²) >= 11 is 0. The second-order valence-electron chi connectivity index (χ2n) is 22.7. The quantitative estimate of drug-likeness (QED) is 0.0442. The number of ether oxygens (including phenoxy) is 2. The second kappa shape index (κ2) is 20.6. The number of piperidine rings is 1. The second-order valence-corrected chi connectivity index (χ2v) is 22.7. The molecule has 1 saturated heterocycles. The Labute approximate surface area is 378 Å². The molecule has 2 N–H and O–H groups in total. The Morgan fingerprint density at radius 2 is 1.38 bits per heavy atom. The lowest BCUT2D eigenvalue weighted by molar-refractivity contribution is -0.346. The molecule has 0 aromatic heterocycles. The molecule has 0 aliphatic carbocycles. The maximum absolute atomic E-state index is 15.8. The molecule has 0 bridgehead atoms. The number of carbonyl (C=O) groups is 3. The average Bonchev–Trinajstić information content (AvgIpc) is 3.15. The summed E-state index contributed by atoms with van der Waals surface area (Å²) in [5, 5.41) is 1.77. The van der Waals surface area contributed by atoms with Gasteiger partial charge in [0, 0.05) is 24.3 Å². The summed E-state index contributed by atoms with van der Waals surface area (Å²) in [4.78, 5) is 49.6. The van der Waals surface area contributed by atoms with Crippen LogP contribution in [-0.2, 0) is 28.7 Å². The number of hydrogen-bond donors (Lipinski definition) is 1. The van der Waals surface area contributed by atoms with Gasteiger partial charge in [0.05, 0.1) is 41.7 Å². The number of nitrogens with zero attached hydrogens (tertiary/aromatic N) is 1. The molecule has 8 nitrogen and oxygen atoms in total. The van der Waals surface area contributed by atoms with E-state index in [1.54, 1.807) is 18.9 Å². The Bertz CT molecular complexity index is 1620. The van der Waals surface area contributed by atoms with Crippen LogP contribution in [0, 0.1) is 50.7 Å². The smallest absolute Gasteiger partial charge is 0.399 e. The predicted octanol–water partition coefficient (Wildman–Crippen LogP) is 12.9. The normalized spacial score (nSPS) is 23.1. The maximum atomic E-state index is 15.8. The van der Waals surface area contributed by atoms with Crippen molar-refractivity contribution in [2.75, 3.05) is 19.8 Å². The highest BCUT2D eigenvalue weighted by Crippen LogP contribution is 2.58. The first-order chi connectivity index (χ1) is 28.2. The Balaban J connectivity index is 3.99. The van der Waals surface area contributed by atoms with Gasteiger partial charge in [-0.25, -0.2) is 8.78 Å². The number of ketones is 1. The van der Waals surface area contributed by atoms with E-state index >= 15 is 8.78 Å². The number of rotatable bonds is 24. The summed E-state index contributed by atoms with van der Waals surface area (Å²) in [5.41, 5.74) is -3.70. The first-order valence-electron chi connectivity index (χ1n) is 23.0. The van der Waals surface area contributed by atoms with E-state index in [9.17, 15) is 27.6 Å². The van der Waals surface area contributed by atoms with E-state index in [0.717, 1.165) is 25.8 Å². The third kappa shape index (κ3) is 12.3. The van der Waals surface area contributed by atoms with Crippen molar-refractivity contribution in [3.63, 3.8) is 0 Å². The summed E-state index contributed by atoms with van der Waals surface area (Å²) in [5.74, 6) is -7.64. The van der Waals surface area contributed by atoms with Crippen LogP contribution in [-0.4, -0.2) is 71.3 Å². The van der Waals surface area contributed by atoms with Crippen LogP contribution in [0.15, 0.2) is 24.3 Å². The fourth-order valence-corrected chi connectivity index (χ4v) is 9.02. The molecule has 0 aromatic carbocycles. The molecular weight excluding hydrogens is 820 g/mol. The number of esters is 2. The molecule has 1 rings (SSSR count). The third-order valence-electron chi connectivity index (χ3n) is 16.0. The maximum Gasteiger partial charge on any atom is 0.399 e. The van der Waals surface area contributed by atoms with Gasteiger partial charge < -0.3 is 15.2 Å². The zero-order valence-electron chi connectivity index (χ0n) is 42.6. The molecule has 13 heteroatoms. The SMILES string of the molecule is C=C(C=CC)C(C)C(C)(C)CC(C(=O)OCCCC)C(C)(C)C(C)(C)CC(C(=O)OCCC(C)(C)C(F)(F)C(C)(C)C(F)(F)F)C(C)(C)ON1C(C)(CN)CC(=O)C(C)C1(C)CC. The first kappa shape index (κ1) is 58.6. The number of carbonyl (C=O) groups excluding carboxylic acids is 3. The lowest BCUT2D eigenvalue weighted by atomic mass is 9.54. The van der Waals surface area contributed by atoms with E-state index in [-0.39, 0.29) is 43.7 Å². The van der Waals surface area contributed by atoms with Gasteiger partial charge in [-0.05, 0) is 103 Å². The Morgan fingerprint density at radius 3 is 1.84 bits per heavy atom. The Kier molecular flexibility index (Phi) is 19.2. The Morgan fingerprint density at radius 1 is 0.873 bits per heavy atom. The molecule has 6 atom stereocenters. The van der Waals surface area contributed by atoms with Crippen LogP contribution in [0.25, 0.3) is 0 Å². The Hall–Kier alpha value is -2.38. The molecule has 0 radical (unpaired) electrons. The van der Waals surface area contributed by atoms with Gasteiger partial charge in [-0.3, -0.25) is 19.2 Å². The van der Waals surface area contributed by atoms with Crippen LogP contribution < -0.4 is 5.73 Å². The number of Topliss-reactive ketones (excluding diaryl/α,β-unsaturated/α-hetero) is 1. The fourth-order valence-electron chi connectivity index (χ4n) is 9.02. The predicted molar refractivity (Wildman–Crippen MR) is 243 cm³/mol. The van der Waals surface area contributed by atoms with E-state index in [1.807, 2.05) is 81.4 Å². The third-order valence-corrected chi connectivity index (χ3v) is 16.0. The highest BCUT2D eigenvalue weighted by molar-refractivity contribution is 5.84. The van der Waals surface area contributed by atoms with Crippen LogP contribution in [0.4, 0.5) is 22.0 Å². The summed E-state index contributed by atoms with van der Waals surface area (Å²) < 4.78 is 85.1. The standard InChI is InChI=1S/C50H87F5N2O6/c1-21-24-27-61-39(59)36(29-41(7,8)34(5)33(4)25-22-2)44(13,14)43(11,12)30-37(40(60)62-28-26-42(9,10)49(51,52)46(17,18)50(53,54)55)45(15,16)63-57-47(19,32-56)31-38(58)35(6)48(57,20)23-3/h22,25,34-37H,4,21,23-24,26-32,56H2,1-3,5-20H3. The highest BCUT2D eigenvalue weighted by atomic mass is 19.4. The molecule has 1 heterocycles. The van der Waals surface area contributed by atoms with Crippen LogP contribution >= 0.6 is 0 Å². The van der Waals surface area contributed by atoms with Crippen molar-refractivity contribution in [1.82, 2.24) is 5.06 Å². The molecule has 6 unspecified atom stereocenters. The molecule has 1 fully saturated rings. The summed E-state index contributed by atoms with van der Waals surface area (Å²) in [6.45, 7) is 36.2. The van der Waals surface area contributed by atoms with Crippen molar-refractivity contribution in [3.8, 4) is 0 Å². The molecular formula is C50H87F5N2O6. The molecule has 0 amide bonds. The monoisotopic (exact) mass is 907 g/mol.